The fourth-order valence-electron chi connectivity index (χ4n) is 6.74. The second-order valence-corrected chi connectivity index (χ2v) is 11.0. The van der Waals surface area contributed by atoms with Crippen molar-refractivity contribution < 1.29 is 28.7 Å². The second-order valence-electron chi connectivity index (χ2n) is 10.6. The minimum Gasteiger partial charge on any atom is -0.475 e. The summed E-state index contributed by atoms with van der Waals surface area (Å²) in [6.45, 7) is 1.78. The Hall–Kier alpha value is -3.97. The first kappa shape index (κ1) is 24.1. The van der Waals surface area contributed by atoms with Crippen molar-refractivity contribution in [2.24, 2.45) is 11.8 Å². The zero-order valence-electron chi connectivity index (χ0n) is 20.8. The quantitative estimate of drug-likeness (QED) is 0.368. The second kappa shape index (κ2) is 8.26. The van der Waals surface area contributed by atoms with Gasteiger partial charge in [-0.3, -0.25) is 9.59 Å². The number of carbonyl (C=O) groups is 2. The predicted octanol–water partition coefficient (Wildman–Crippen LogP) is 4.37. The van der Waals surface area contributed by atoms with Gasteiger partial charge in [-0.2, -0.15) is 5.26 Å². The number of hydrogen-bond acceptors (Lipinski definition) is 8. The van der Waals surface area contributed by atoms with E-state index in [1.807, 2.05) is 18.2 Å². The van der Waals surface area contributed by atoms with E-state index in [-0.39, 0.29) is 36.6 Å². The molecule has 4 heterocycles. The number of carbonyl (C=O) groups excluding carboxylic acids is 2. The van der Waals surface area contributed by atoms with Gasteiger partial charge in [0.05, 0.1) is 46.8 Å². The standard InChI is InChI=1S/C29H22ClN3O6/c1-28-22(34)13-29(39-28,10-11-37-25-18-12-16(30)7-9-21(18)38-32-25)24-23(28)26(35)33(27(24)36)20-8-6-15-4-2-3-5-17(15)19(20)14-31/h2-9,12,22-24,34H,10-11,13H2,1H3. The first-order valence-corrected chi connectivity index (χ1v) is 13.0. The van der Waals surface area contributed by atoms with Crippen molar-refractivity contribution in [1.82, 2.24) is 5.16 Å². The monoisotopic (exact) mass is 543 g/mol. The summed E-state index contributed by atoms with van der Waals surface area (Å²) in [4.78, 5) is 29.0. The van der Waals surface area contributed by atoms with Crippen molar-refractivity contribution >= 4 is 50.8 Å². The normalized spacial score (nSPS) is 29.4. The molecule has 3 aliphatic heterocycles. The Kier molecular flexibility index (Phi) is 5.11. The Labute approximate surface area is 227 Å². The molecule has 0 aliphatic carbocycles. The van der Waals surface area contributed by atoms with Crippen LogP contribution in [-0.4, -0.2) is 46.0 Å². The molecule has 3 aromatic carbocycles. The van der Waals surface area contributed by atoms with Gasteiger partial charge in [0.25, 0.3) is 5.88 Å². The smallest absolute Gasteiger partial charge is 0.262 e. The SMILES string of the molecule is CC12OC(CCOc3noc4ccc(Cl)cc34)(CC1O)C1C(=O)N(c3ccc4ccccc4c3C#N)C(=O)C12. The Morgan fingerprint density at radius 1 is 1.15 bits per heavy atom. The molecule has 4 aromatic rings. The van der Waals surface area contributed by atoms with E-state index in [0.29, 0.717) is 21.4 Å². The van der Waals surface area contributed by atoms with Crippen molar-refractivity contribution in [3.63, 3.8) is 0 Å². The van der Waals surface area contributed by atoms with Crippen LogP contribution in [0, 0.1) is 23.2 Å². The largest absolute Gasteiger partial charge is 0.475 e. The number of amides is 2. The predicted molar refractivity (Wildman–Crippen MR) is 140 cm³/mol. The van der Waals surface area contributed by atoms with Crippen LogP contribution in [0.15, 0.2) is 59.1 Å². The molecule has 2 amide bonds. The number of hydrogen-bond donors (Lipinski definition) is 1. The lowest BCUT2D eigenvalue weighted by Gasteiger charge is -2.33. The number of halogens is 1. The third kappa shape index (κ3) is 3.23. The summed E-state index contributed by atoms with van der Waals surface area (Å²) in [6.07, 6.45) is -0.547. The van der Waals surface area contributed by atoms with Crippen LogP contribution in [0.25, 0.3) is 21.7 Å². The molecule has 5 unspecified atom stereocenters. The maximum atomic E-state index is 14.0. The average molecular weight is 544 g/mol. The Bertz CT molecular complexity index is 1750. The number of aliphatic hydroxyl groups is 1. The number of fused-ring (bicyclic) bond motifs is 7. The number of nitrogens with zero attached hydrogens (tertiary/aromatic N) is 3. The minimum absolute atomic E-state index is 0.0983. The lowest BCUT2D eigenvalue weighted by Crippen LogP contribution is -2.49. The molecule has 3 aliphatic rings. The lowest BCUT2D eigenvalue weighted by molar-refractivity contribution is -0.134. The van der Waals surface area contributed by atoms with Crippen LogP contribution in [0.5, 0.6) is 5.88 Å². The molecule has 5 atom stereocenters. The van der Waals surface area contributed by atoms with Crippen LogP contribution in [-0.2, 0) is 14.3 Å². The molecule has 2 bridgehead atoms. The van der Waals surface area contributed by atoms with Gasteiger partial charge in [-0.1, -0.05) is 41.9 Å². The molecule has 196 valence electrons. The van der Waals surface area contributed by atoms with E-state index in [1.165, 1.54) is 0 Å². The maximum absolute atomic E-state index is 14.0. The highest BCUT2D eigenvalue weighted by Crippen LogP contribution is 2.62. The van der Waals surface area contributed by atoms with Crippen LogP contribution >= 0.6 is 11.6 Å². The summed E-state index contributed by atoms with van der Waals surface area (Å²) in [5.74, 6) is -2.38. The van der Waals surface area contributed by atoms with Gasteiger partial charge in [0, 0.05) is 23.3 Å². The molecule has 1 N–H and O–H groups in total. The number of aromatic nitrogens is 1. The van der Waals surface area contributed by atoms with E-state index in [9.17, 15) is 20.0 Å². The summed E-state index contributed by atoms with van der Waals surface area (Å²) in [5.41, 5.74) is -1.35. The highest BCUT2D eigenvalue weighted by atomic mass is 35.5. The van der Waals surface area contributed by atoms with Gasteiger partial charge in [0.1, 0.15) is 11.7 Å². The first-order valence-electron chi connectivity index (χ1n) is 12.6. The first-order chi connectivity index (χ1) is 18.8. The molecular formula is C29H22ClN3O6. The van der Waals surface area contributed by atoms with E-state index in [1.54, 1.807) is 43.3 Å². The van der Waals surface area contributed by atoms with Crippen LogP contribution < -0.4 is 9.64 Å². The number of ether oxygens (including phenoxy) is 2. The van der Waals surface area contributed by atoms with Crippen molar-refractivity contribution in [2.45, 2.75) is 37.1 Å². The van der Waals surface area contributed by atoms with Gasteiger partial charge in [-0.05, 0) is 41.7 Å². The fraction of sp³-hybridized carbons (Fsp3) is 0.310. The Morgan fingerprint density at radius 3 is 2.77 bits per heavy atom. The summed E-state index contributed by atoms with van der Waals surface area (Å²) in [7, 11) is 0. The van der Waals surface area contributed by atoms with Gasteiger partial charge in [0.2, 0.25) is 11.8 Å². The highest BCUT2D eigenvalue weighted by molar-refractivity contribution is 6.31. The van der Waals surface area contributed by atoms with Crippen molar-refractivity contribution in [3.8, 4) is 11.9 Å². The van der Waals surface area contributed by atoms with E-state index >= 15 is 0 Å². The minimum atomic E-state index is -1.25. The molecule has 1 aromatic heterocycles. The van der Waals surface area contributed by atoms with E-state index < -0.39 is 41.0 Å². The number of benzene rings is 3. The molecule has 0 radical (unpaired) electrons. The highest BCUT2D eigenvalue weighted by Gasteiger charge is 2.77. The van der Waals surface area contributed by atoms with Crippen molar-refractivity contribution in [2.75, 3.05) is 11.5 Å². The fourth-order valence-corrected chi connectivity index (χ4v) is 6.91. The molecule has 7 rings (SSSR count). The number of anilines is 1. The number of nitriles is 1. The van der Waals surface area contributed by atoms with E-state index in [0.717, 1.165) is 10.3 Å². The van der Waals surface area contributed by atoms with E-state index in [4.69, 9.17) is 25.6 Å². The van der Waals surface area contributed by atoms with Crippen LogP contribution in [0.4, 0.5) is 5.69 Å². The number of rotatable bonds is 5. The zero-order chi connectivity index (χ0) is 27.1. The molecule has 9 nitrogen and oxygen atoms in total. The van der Waals surface area contributed by atoms with Crippen LogP contribution in [0.3, 0.4) is 0 Å². The van der Waals surface area contributed by atoms with Gasteiger partial charge in [-0.25, -0.2) is 4.90 Å². The summed E-state index contributed by atoms with van der Waals surface area (Å²) >= 11 is 6.11. The van der Waals surface area contributed by atoms with Gasteiger partial charge in [-0.15, -0.1) is 0 Å². The van der Waals surface area contributed by atoms with Gasteiger partial charge < -0.3 is 19.1 Å². The van der Waals surface area contributed by atoms with Crippen molar-refractivity contribution in [1.29, 1.82) is 5.26 Å². The van der Waals surface area contributed by atoms with Crippen LogP contribution in [0.1, 0.15) is 25.3 Å². The number of aliphatic hydroxyl groups excluding tert-OH is 1. The average Bonchev–Trinajstić information content (AvgIpc) is 3.60. The summed E-state index contributed by atoms with van der Waals surface area (Å²) in [6, 6.07) is 18.0. The summed E-state index contributed by atoms with van der Waals surface area (Å²) in [5, 5.41) is 27.6. The Balaban J connectivity index is 1.22. The zero-order valence-corrected chi connectivity index (χ0v) is 21.5. The number of imide groups is 1. The van der Waals surface area contributed by atoms with Crippen LogP contribution in [0.2, 0.25) is 5.02 Å². The van der Waals surface area contributed by atoms with Gasteiger partial charge in [0.15, 0.2) is 5.58 Å². The summed E-state index contributed by atoms with van der Waals surface area (Å²) < 4.78 is 17.6. The molecule has 3 saturated heterocycles. The van der Waals surface area contributed by atoms with Crippen molar-refractivity contribution in [3.05, 3.63) is 65.2 Å². The van der Waals surface area contributed by atoms with E-state index in [2.05, 4.69) is 11.2 Å². The third-order valence-corrected chi connectivity index (χ3v) is 8.77. The molecule has 10 heteroatoms. The lowest BCUT2D eigenvalue weighted by atomic mass is 9.66. The molecule has 3 fully saturated rings. The third-order valence-electron chi connectivity index (χ3n) is 8.54. The van der Waals surface area contributed by atoms with Gasteiger partial charge >= 0.3 is 0 Å². The maximum Gasteiger partial charge on any atom is 0.262 e. The molecule has 0 saturated carbocycles. The molecule has 39 heavy (non-hydrogen) atoms. The molecule has 0 spiro atoms. The Morgan fingerprint density at radius 2 is 1.95 bits per heavy atom. The topological polar surface area (TPSA) is 126 Å². The molecular weight excluding hydrogens is 522 g/mol.